The molecule has 0 aromatic carbocycles. The van der Waals surface area contributed by atoms with Gasteiger partial charge in [0.2, 0.25) is 0 Å². The minimum absolute atomic E-state index is 1.25. The topological polar surface area (TPSA) is 26.0 Å². The molecule has 0 saturated carbocycles. The van der Waals surface area contributed by atoms with Crippen LogP contribution in [0.3, 0.4) is 0 Å². The zero-order valence-corrected chi connectivity index (χ0v) is 20.4. The van der Waals surface area contributed by atoms with E-state index in [1.807, 2.05) is 53.2 Å². The van der Waals surface area contributed by atoms with Gasteiger partial charge in [0, 0.05) is 12.4 Å². The van der Waals surface area contributed by atoms with E-state index in [1.54, 1.807) is 36.3 Å². The summed E-state index contributed by atoms with van der Waals surface area (Å²) in [5.41, 5.74) is 0. The van der Waals surface area contributed by atoms with Gasteiger partial charge in [-0.05, 0) is 35.0 Å². The fourth-order valence-electron chi connectivity index (χ4n) is 0.766. The van der Waals surface area contributed by atoms with E-state index in [0.29, 0.717) is 0 Å². The number of thiophene rings is 1. The molecule has 162 valence electrons. The summed E-state index contributed by atoms with van der Waals surface area (Å²) in [4.78, 5) is 3.78. The number of hydrogen-bond donors (Lipinski definition) is 0. The third kappa shape index (κ3) is 64.7. The molecule has 0 radical (unpaired) electrons. The molecule has 0 aliphatic carbocycles. The number of pyridine rings is 1. The smallest absolute Gasteiger partial charge is 0.0902 e. The van der Waals surface area contributed by atoms with Crippen molar-refractivity contribution in [3.63, 3.8) is 0 Å². The minimum atomic E-state index is 1.25. The van der Waals surface area contributed by atoms with Crippen LogP contribution in [-0.4, -0.2) is 4.98 Å². The summed E-state index contributed by atoms with van der Waals surface area (Å²) in [5, 5.41) is 4.08. The lowest BCUT2D eigenvalue weighted by atomic mass is 10.5. The van der Waals surface area contributed by atoms with Crippen molar-refractivity contribution in [2.24, 2.45) is 0 Å². The van der Waals surface area contributed by atoms with Gasteiger partial charge in [-0.2, -0.15) is 11.3 Å². The van der Waals surface area contributed by atoms with E-state index in [1.165, 1.54) is 25.7 Å². The Morgan fingerprint density at radius 2 is 0.893 bits per heavy atom. The van der Waals surface area contributed by atoms with E-state index >= 15 is 0 Å². The second-order valence-electron chi connectivity index (χ2n) is 5.44. The van der Waals surface area contributed by atoms with Crippen molar-refractivity contribution in [3.05, 3.63) is 78.1 Å². The number of nitrogens with zero attached hydrogens (tertiary/aromatic N) is 1. The van der Waals surface area contributed by atoms with Crippen LogP contribution >= 0.6 is 11.3 Å². The number of furan rings is 1. The molecule has 0 amide bonds. The molecule has 0 fully saturated rings. The molecule has 3 heteroatoms. The van der Waals surface area contributed by atoms with Gasteiger partial charge in [0.25, 0.3) is 0 Å². The fraction of sp³-hybridized carbons (Fsp3) is 0.480. The highest BCUT2D eigenvalue weighted by Crippen LogP contribution is 1.91. The molecule has 0 N–H and O–H groups in total. The summed E-state index contributed by atoms with van der Waals surface area (Å²) < 4.78 is 4.58. The first-order valence-electron chi connectivity index (χ1n) is 10.4. The molecule has 0 unspecified atom stereocenters. The molecule has 28 heavy (non-hydrogen) atoms. The predicted molar refractivity (Wildman–Crippen MR) is 131 cm³/mol. The fourth-order valence-corrected chi connectivity index (χ4v) is 1.22. The Morgan fingerprint density at radius 1 is 0.536 bits per heavy atom. The lowest BCUT2D eigenvalue weighted by molar-refractivity contribution is 0.567. The average molecular weight is 408 g/mol. The molecule has 0 aliphatic heterocycles. The van der Waals surface area contributed by atoms with Gasteiger partial charge < -0.3 is 4.42 Å². The van der Waals surface area contributed by atoms with E-state index in [9.17, 15) is 0 Å². The number of hydrogen-bond acceptors (Lipinski definition) is 3. The summed E-state index contributed by atoms with van der Waals surface area (Å²) in [6.45, 7) is 17.0. The zero-order chi connectivity index (χ0) is 22.1. The first-order valence-corrected chi connectivity index (χ1v) is 11.4. The number of aromatic nitrogens is 1. The van der Waals surface area contributed by atoms with E-state index in [4.69, 9.17) is 0 Å². The van der Waals surface area contributed by atoms with Crippen LogP contribution in [0.5, 0.6) is 0 Å². The van der Waals surface area contributed by atoms with Crippen LogP contribution < -0.4 is 0 Å². The number of rotatable bonds is 0. The predicted octanol–water partition coefficient (Wildman–Crippen LogP) is 9.77. The van der Waals surface area contributed by atoms with Crippen molar-refractivity contribution >= 4 is 11.3 Å². The zero-order valence-electron chi connectivity index (χ0n) is 19.6. The van der Waals surface area contributed by atoms with Crippen molar-refractivity contribution < 1.29 is 4.42 Å². The van der Waals surface area contributed by atoms with Crippen molar-refractivity contribution in [1.29, 1.82) is 0 Å². The Bertz CT molecular complexity index is 357. The van der Waals surface area contributed by atoms with Crippen molar-refractivity contribution in [1.82, 2.24) is 4.98 Å². The third-order valence-electron chi connectivity index (χ3n) is 1.42. The van der Waals surface area contributed by atoms with Crippen LogP contribution in [-0.2, 0) is 0 Å². The van der Waals surface area contributed by atoms with Crippen LogP contribution in [0, 0.1) is 0 Å². The maximum atomic E-state index is 4.58. The highest BCUT2D eigenvalue weighted by atomic mass is 32.1. The summed E-state index contributed by atoms with van der Waals surface area (Å²) in [7, 11) is 0. The molecular weight excluding hydrogens is 362 g/mol. The van der Waals surface area contributed by atoms with Gasteiger partial charge in [-0.25, -0.2) is 0 Å². The lowest BCUT2D eigenvalue weighted by Gasteiger charge is -1.70. The Kier molecular flexibility index (Phi) is 53.6. The van der Waals surface area contributed by atoms with Crippen LogP contribution in [0.2, 0.25) is 0 Å². The van der Waals surface area contributed by atoms with Gasteiger partial charge in [0.15, 0.2) is 0 Å². The quantitative estimate of drug-likeness (QED) is 0.370. The van der Waals surface area contributed by atoms with Crippen molar-refractivity contribution in [2.75, 3.05) is 0 Å². The van der Waals surface area contributed by atoms with Crippen LogP contribution in [0.15, 0.2) is 82.6 Å². The van der Waals surface area contributed by atoms with Gasteiger partial charge in [0.05, 0.1) is 12.5 Å². The second-order valence-corrected chi connectivity index (χ2v) is 6.26. The molecule has 3 aromatic heterocycles. The summed E-state index contributed by atoms with van der Waals surface area (Å²) in [5.74, 6) is 0. The van der Waals surface area contributed by atoms with Crippen molar-refractivity contribution in [3.8, 4) is 0 Å². The Balaban J connectivity index is -0.000000123. The second kappa shape index (κ2) is 44.5. The Labute approximate surface area is 180 Å². The van der Waals surface area contributed by atoms with E-state index in [2.05, 4.69) is 64.8 Å². The maximum Gasteiger partial charge on any atom is 0.0902 e. The van der Waals surface area contributed by atoms with Crippen LogP contribution in [0.1, 0.15) is 81.1 Å². The average Bonchev–Trinajstić information content (AvgIpc) is 3.45. The van der Waals surface area contributed by atoms with Gasteiger partial charge in [-0.15, -0.1) is 0 Å². The molecule has 3 aromatic rings. The van der Waals surface area contributed by atoms with Gasteiger partial charge >= 0.3 is 0 Å². The Hall–Kier alpha value is -1.87. The van der Waals surface area contributed by atoms with Gasteiger partial charge in [0.1, 0.15) is 0 Å². The normalized spacial score (nSPS) is 7.14. The SMILES string of the molecule is CCC.CCC.CCC.CCC.c1ccncc1.c1ccoc1.c1ccsc1. The first kappa shape index (κ1) is 33.7. The largest absolute Gasteiger partial charge is 0.473 e. The summed E-state index contributed by atoms with van der Waals surface area (Å²) >= 11 is 1.71. The first-order chi connectivity index (χ1) is 13.7. The molecule has 0 spiro atoms. The van der Waals surface area contributed by atoms with Crippen molar-refractivity contribution in [2.45, 2.75) is 81.1 Å². The summed E-state index contributed by atoms with van der Waals surface area (Å²) in [6.07, 6.45) is 11.8. The Morgan fingerprint density at radius 3 is 1.00 bits per heavy atom. The third-order valence-corrected chi connectivity index (χ3v) is 2.05. The molecule has 3 rings (SSSR count). The minimum Gasteiger partial charge on any atom is -0.473 e. The monoisotopic (exact) mass is 407 g/mol. The van der Waals surface area contributed by atoms with Crippen LogP contribution in [0.4, 0.5) is 0 Å². The molecule has 3 heterocycles. The van der Waals surface area contributed by atoms with Gasteiger partial charge in [-0.1, -0.05) is 99.3 Å². The molecule has 0 saturated heterocycles. The highest BCUT2D eigenvalue weighted by molar-refractivity contribution is 7.07. The van der Waals surface area contributed by atoms with E-state index in [0.717, 1.165) is 0 Å². The molecule has 0 bridgehead atoms. The lowest BCUT2D eigenvalue weighted by Crippen LogP contribution is -1.58. The van der Waals surface area contributed by atoms with Gasteiger partial charge in [-0.3, -0.25) is 4.98 Å². The molecule has 0 atom stereocenters. The molecular formula is C25H45NOS. The van der Waals surface area contributed by atoms with E-state index < -0.39 is 0 Å². The highest BCUT2D eigenvalue weighted by Gasteiger charge is 1.59. The maximum absolute atomic E-state index is 4.58. The van der Waals surface area contributed by atoms with E-state index in [-0.39, 0.29) is 0 Å². The summed E-state index contributed by atoms with van der Waals surface area (Å²) in [6, 6.07) is 13.4. The standard InChI is InChI=1S/C5H5N.C4H4O.C4H4S.4C3H8/c1-2-4-6-5-3-1;2*1-2-4-5-3-1;4*1-3-2/h1-5H;2*1-4H;4*3H2,1-2H3. The van der Waals surface area contributed by atoms with Crippen LogP contribution in [0.25, 0.3) is 0 Å². The molecule has 2 nitrogen and oxygen atoms in total. The molecule has 0 aliphatic rings.